The summed E-state index contributed by atoms with van der Waals surface area (Å²) in [5, 5.41) is 16.1. The first-order valence-corrected chi connectivity index (χ1v) is 8.33. The number of benzene rings is 2. The number of aromatic nitrogens is 2. The Kier molecular flexibility index (Phi) is 4.43. The maximum atomic E-state index is 11.5. The molecule has 1 aromatic heterocycles. The Morgan fingerprint density at radius 2 is 1.72 bits per heavy atom. The van der Waals surface area contributed by atoms with Crippen molar-refractivity contribution in [3.05, 3.63) is 88.5 Å². The molecule has 0 fully saturated rings. The third-order valence-corrected chi connectivity index (χ3v) is 4.69. The Bertz CT molecular complexity index is 920. The molecule has 4 heteroatoms. The van der Waals surface area contributed by atoms with Gasteiger partial charge in [-0.3, -0.25) is 0 Å². The lowest BCUT2D eigenvalue weighted by molar-refractivity contribution is 0.0752. The highest BCUT2D eigenvalue weighted by Crippen LogP contribution is 2.37. The van der Waals surface area contributed by atoms with Gasteiger partial charge in [0.15, 0.2) is 5.69 Å². The van der Waals surface area contributed by atoms with E-state index < -0.39 is 5.60 Å². The summed E-state index contributed by atoms with van der Waals surface area (Å²) in [6.07, 6.45) is 0.557. The number of aryl methyl sites for hydroxylation is 1. The van der Waals surface area contributed by atoms with E-state index in [1.807, 2.05) is 67.9 Å². The molecule has 1 N–H and O–H groups in total. The van der Waals surface area contributed by atoms with Gasteiger partial charge in [-0.15, -0.1) is 0 Å². The van der Waals surface area contributed by atoms with Crippen LogP contribution in [0.15, 0.2) is 54.6 Å². The van der Waals surface area contributed by atoms with Crippen LogP contribution in [0, 0.1) is 20.4 Å². The molecule has 126 valence electrons. The molecular weight excluding hydrogens is 310 g/mol. The van der Waals surface area contributed by atoms with Crippen molar-refractivity contribution in [1.29, 1.82) is 0 Å². The van der Waals surface area contributed by atoms with Gasteiger partial charge in [0.25, 0.3) is 0 Å². The summed E-state index contributed by atoms with van der Waals surface area (Å²) < 4.78 is 1.84. The zero-order valence-corrected chi connectivity index (χ0v) is 14.7. The molecular formula is C21H21N3O. The van der Waals surface area contributed by atoms with Crippen molar-refractivity contribution in [2.45, 2.75) is 32.8 Å². The summed E-state index contributed by atoms with van der Waals surface area (Å²) in [6.45, 7) is 13.0. The minimum Gasteiger partial charge on any atom is -0.380 e. The fourth-order valence-electron chi connectivity index (χ4n) is 3.40. The van der Waals surface area contributed by atoms with Crippen molar-refractivity contribution in [2.24, 2.45) is 0 Å². The second-order valence-electron chi connectivity index (χ2n) is 6.17. The van der Waals surface area contributed by atoms with E-state index in [0.29, 0.717) is 12.1 Å². The number of aliphatic hydroxyl groups is 1. The normalized spacial score (nSPS) is 13.2. The van der Waals surface area contributed by atoms with Crippen LogP contribution in [0.1, 0.15) is 35.9 Å². The average molecular weight is 331 g/mol. The average Bonchev–Trinajstić information content (AvgIpc) is 2.96. The van der Waals surface area contributed by atoms with E-state index >= 15 is 0 Å². The topological polar surface area (TPSA) is 42.4 Å². The highest BCUT2D eigenvalue weighted by atomic mass is 16.3. The highest BCUT2D eigenvalue weighted by molar-refractivity contribution is 5.51. The number of hydrogen-bond acceptors (Lipinski definition) is 2. The van der Waals surface area contributed by atoms with Gasteiger partial charge in [-0.05, 0) is 38.0 Å². The van der Waals surface area contributed by atoms with Gasteiger partial charge in [0.1, 0.15) is 5.60 Å². The van der Waals surface area contributed by atoms with Crippen LogP contribution in [-0.2, 0) is 5.60 Å². The van der Waals surface area contributed by atoms with Gasteiger partial charge < -0.3 is 5.11 Å². The van der Waals surface area contributed by atoms with Gasteiger partial charge in [-0.1, -0.05) is 49.4 Å². The zero-order chi connectivity index (χ0) is 18.0. The summed E-state index contributed by atoms with van der Waals surface area (Å²) in [4.78, 5) is 3.42. The molecule has 4 nitrogen and oxygen atoms in total. The summed E-state index contributed by atoms with van der Waals surface area (Å²) in [5.74, 6) is 0. The number of hydrogen-bond donors (Lipinski definition) is 1. The lowest BCUT2D eigenvalue weighted by Gasteiger charge is -2.28. The second-order valence-corrected chi connectivity index (χ2v) is 6.17. The van der Waals surface area contributed by atoms with Crippen molar-refractivity contribution >= 4 is 5.69 Å². The minimum atomic E-state index is -1.08. The van der Waals surface area contributed by atoms with Gasteiger partial charge >= 0.3 is 0 Å². The molecule has 3 rings (SSSR count). The first-order valence-electron chi connectivity index (χ1n) is 8.33. The Hall–Kier alpha value is -2.90. The molecule has 1 heterocycles. The summed E-state index contributed by atoms with van der Waals surface area (Å²) >= 11 is 0. The molecule has 1 unspecified atom stereocenters. The summed E-state index contributed by atoms with van der Waals surface area (Å²) in [6, 6.07) is 17.0. The molecule has 0 spiro atoms. The minimum absolute atomic E-state index is 0.557. The third kappa shape index (κ3) is 2.84. The lowest BCUT2D eigenvalue weighted by Crippen LogP contribution is -2.27. The third-order valence-electron chi connectivity index (χ3n) is 4.69. The molecule has 0 bridgehead atoms. The van der Waals surface area contributed by atoms with Crippen LogP contribution in [0.4, 0.5) is 5.69 Å². The largest absolute Gasteiger partial charge is 0.380 e. The zero-order valence-electron chi connectivity index (χ0n) is 14.7. The SMILES string of the molecule is [C-]#[N+]c1ccc(-n2nc(C)c(C(O)(CC)c3ccccc3)c2C)cc1. The quantitative estimate of drug-likeness (QED) is 0.705. The summed E-state index contributed by atoms with van der Waals surface area (Å²) in [5.41, 5.74) is 3.82. The Balaban J connectivity index is 2.15. The molecule has 0 saturated carbocycles. The van der Waals surface area contributed by atoms with Gasteiger partial charge in [0, 0.05) is 11.3 Å². The van der Waals surface area contributed by atoms with Crippen LogP contribution in [-0.4, -0.2) is 14.9 Å². The van der Waals surface area contributed by atoms with Crippen molar-refractivity contribution < 1.29 is 5.11 Å². The van der Waals surface area contributed by atoms with E-state index in [4.69, 9.17) is 6.57 Å². The van der Waals surface area contributed by atoms with Gasteiger partial charge in [0.2, 0.25) is 0 Å². The van der Waals surface area contributed by atoms with E-state index in [9.17, 15) is 5.11 Å². The van der Waals surface area contributed by atoms with E-state index in [1.165, 1.54) is 0 Å². The Morgan fingerprint density at radius 1 is 1.08 bits per heavy atom. The molecule has 0 saturated heterocycles. The molecule has 1 atom stereocenters. The van der Waals surface area contributed by atoms with Crippen LogP contribution in [0.2, 0.25) is 0 Å². The molecule has 0 aliphatic carbocycles. The standard InChI is InChI=1S/C21H21N3O/c1-5-21(25,17-9-7-6-8-10-17)20-15(2)23-24(16(20)3)19-13-11-18(22-4)12-14-19/h6-14,25H,5H2,1-3H3. The van der Waals surface area contributed by atoms with Gasteiger partial charge in [0.05, 0.1) is 18.0 Å². The lowest BCUT2D eigenvalue weighted by atomic mass is 9.83. The van der Waals surface area contributed by atoms with Crippen molar-refractivity contribution in [3.8, 4) is 5.69 Å². The van der Waals surface area contributed by atoms with Crippen molar-refractivity contribution in [3.63, 3.8) is 0 Å². The van der Waals surface area contributed by atoms with Gasteiger partial charge in [-0.2, -0.15) is 5.10 Å². The van der Waals surface area contributed by atoms with Crippen LogP contribution < -0.4 is 0 Å². The first-order chi connectivity index (χ1) is 12.0. The fourth-order valence-corrected chi connectivity index (χ4v) is 3.40. The molecule has 3 aromatic rings. The number of rotatable bonds is 4. The molecule has 0 aliphatic heterocycles. The Morgan fingerprint density at radius 3 is 2.28 bits per heavy atom. The van der Waals surface area contributed by atoms with Crippen molar-refractivity contribution in [2.75, 3.05) is 0 Å². The highest BCUT2D eigenvalue weighted by Gasteiger charge is 2.35. The maximum absolute atomic E-state index is 11.5. The Labute approximate surface area is 148 Å². The van der Waals surface area contributed by atoms with E-state index in [1.54, 1.807) is 12.1 Å². The monoisotopic (exact) mass is 331 g/mol. The number of nitrogens with zero attached hydrogens (tertiary/aromatic N) is 3. The second kappa shape index (κ2) is 6.54. The van der Waals surface area contributed by atoms with E-state index in [0.717, 1.165) is 28.2 Å². The van der Waals surface area contributed by atoms with Crippen LogP contribution in [0.5, 0.6) is 0 Å². The van der Waals surface area contributed by atoms with E-state index in [2.05, 4.69) is 9.94 Å². The molecule has 0 aliphatic rings. The fraction of sp³-hybridized carbons (Fsp3) is 0.238. The first kappa shape index (κ1) is 16.9. The van der Waals surface area contributed by atoms with Crippen LogP contribution in [0.25, 0.3) is 10.5 Å². The smallest absolute Gasteiger partial charge is 0.187 e. The predicted octanol–water partition coefficient (Wildman–Crippen LogP) is 4.69. The molecule has 25 heavy (non-hydrogen) atoms. The molecule has 0 radical (unpaired) electrons. The van der Waals surface area contributed by atoms with E-state index in [-0.39, 0.29) is 0 Å². The molecule has 0 amide bonds. The molecule has 2 aromatic carbocycles. The van der Waals surface area contributed by atoms with Gasteiger partial charge in [-0.25, -0.2) is 9.53 Å². The van der Waals surface area contributed by atoms with Crippen molar-refractivity contribution in [1.82, 2.24) is 9.78 Å². The van der Waals surface area contributed by atoms with Crippen LogP contribution in [0.3, 0.4) is 0 Å². The maximum Gasteiger partial charge on any atom is 0.187 e. The predicted molar refractivity (Wildman–Crippen MR) is 99.0 cm³/mol. The summed E-state index contributed by atoms with van der Waals surface area (Å²) in [7, 11) is 0. The van der Waals surface area contributed by atoms with Crippen LogP contribution >= 0.6 is 0 Å².